The Balaban J connectivity index is -0.000000374. The third kappa shape index (κ3) is 14.8. The molecular weight excluding hydrogens is 1020 g/mol. The number of hydrogen-bond acceptors (Lipinski definition) is 6. The van der Waals surface area contributed by atoms with Crippen LogP contribution in [-0.4, -0.2) is 88.8 Å². The third-order valence-corrected chi connectivity index (χ3v) is 6.18. The molecule has 0 aromatic rings. The molecule has 0 heterocycles. The van der Waals surface area contributed by atoms with Gasteiger partial charge in [-0.15, -0.1) is 0 Å². The normalized spacial score (nSPS) is 14.0. The van der Waals surface area contributed by atoms with Gasteiger partial charge in [0.2, 0.25) is 0 Å². The zero-order chi connectivity index (χ0) is 47.6. The van der Waals surface area contributed by atoms with Gasteiger partial charge >= 0.3 is 91.4 Å². The van der Waals surface area contributed by atoms with Gasteiger partial charge in [-0.05, 0) is 16.2 Å². The fourth-order valence-corrected chi connectivity index (χ4v) is 2.28. The smallest absolute Gasteiger partial charge is 0.333 e. The Bertz CT molecular complexity index is 1310. The van der Waals surface area contributed by atoms with Gasteiger partial charge in [-0.25, -0.2) is 0 Å². The quantitative estimate of drug-likeness (QED) is 0.110. The summed E-state index contributed by atoms with van der Waals surface area (Å²) < 4.78 is 258. The van der Waals surface area contributed by atoms with Crippen molar-refractivity contribution in [2.75, 3.05) is 0 Å². The summed E-state index contributed by atoms with van der Waals surface area (Å²) in [7, 11) is 0. The predicted molar refractivity (Wildman–Crippen MR) is 149 cm³/mol. The molecule has 0 amide bonds. The summed E-state index contributed by atoms with van der Waals surface area (Å²) in [5.74, 6) is -50.2. The maximum atomic E-state index is 12.8. The molecule has 0 saturated carbocycles. The minimum Gasteiger partial charge on any atom is -0.333 e. The third-order valence-electron chi connectivity index (χ3n) is 6.18. The van der Waals surface area contributed by atoms with E-state index >= 15 is 0 Å². The Morgan fingerprint density at radius 1 is 0.276 bits per heavy atom. The molecule has 0 spiro atoms. The number of halogens is 21. The molecule has 0 aliphatic rings. The van der Waals surface area contributed by atoms with Crippen molar-refractivity contribution in [3.05, 3.63) is 19.3 Å². The van der Waals surface area contributed by atoms with E-state index in [2.05, 4.69) is 0 Å². The van der Waals surface area contributed by atoms with E-state index in [4.69, 9.17) is 0 Å². The number of carbonyl (C=O) groups is 6. The summed E-state index contributed by atoms with van der Waals surface area (Å²) in [6.07, 6.45) is -21.1. The summed E-state index contributed by atoms with van der Waals surface area (Å²) in [4.78, 5) is 65.9. The molecule has 0 aromatic carbocycles. The number of hydrogen-bond donors (Lipinski definition) is 0. The van der Waals surface area contributed by atoms with E-state index < -0.39 is 124 Å². The largest absolute Gasteiger partial charge is 3.00 e. The van der Waals surface area contributed by atoms with Crippen molar-refractivity contribution in [2.45, 2.75) is 116 Å². The first-order chi connectivity index (χ1) is 24.1. The molecule has 28 heteroatoms. The van der Waals surface area contributed by atoms with Gasteiger partial charge in [0.1, 0.15) is 0 Å². The maximum Gasteiger partial charge on any atom is 3.00 e. The Morgan fingerprint density at radius 2 is 0.397 bits per heavy atom. The second-order valence-electron chi connectivity index (χ2n) is 14.3. The van der Waals surface area contributed by atoms with E-state index in [1.165, 1.54) is 62.3 Å². The minimum atomic E-state index is -6.61. The van der Waals surface area contributed by atoms with Crippen molar-refractivity contribution < 1.29 is 158 Å². The number of alkyl halides is 21. The van der Waals surface area contributed by atoms with Gasteiger partial charge in [0.15, 0.2) is 0 Å². The average molecular weight is 1050 g/mol. The molecule has 58 heavy (non-hydrogen) atoms. The first kappa shape index (κ1) is 62.1. The van der Waals surface area contributed by atoms with Crippen LogP contribution < -0.4 is 0 Å². The van der Waals surface area contributed by atoms with E-state index in [1.807, 2.05) is 0 Å². The van der Waals surface area contributed by atoms with Gasteiger partial charge in [0.25, 0.3) is 0 Å². The number of ketones is 6. The van der Waals surface area contributed by atoms with Crippen LogP contribution in [0.25, 0.3) is 0 Å². The molecule has 0 bridgehead atoms. The van der Waals surface area contributed by atoms with Crippen molar-refractivity contribution in [1.82, 2.24) is 0 Å². The second-order valence-corrected chi connectivity index (χ2v) is 14.3. The van der Waals surface area contributed by atoms with Crippen LogP contribution in [0.3, 0.4) is 0 Å². The van der Waals surface area contributed by atoms with Crippen LogP contribution in [0.2, 0.25) is 0 Å². The summed E-state index contributed by atoms with van der Waals surface area (Å²) >= 11 is 0. The fraction of sp³-hybridized carbons (Fsp3) is 0.700. The number of rotatable bonds is 12. The van der Waals surface area contributed by atoms with Crippen LogP contribution in [0, 0.1) is 72.8 Å². The SMILES string of the molecule is CC(C)(C)C(=O)[CH-]C(=O)C(F)(F)C(F)(F)C(F)(F)F.CC(C)(C)C(=O)[CH-]C(=O)C(F)(F)C(F)(F)C(F)(F)F.CC(C)(C)C(=O)[CH-]C(=O)C(F)(F)C(F)(F)C(F)(F)F.[Er+3]. The number of carbonyl (C=O) groups excluding carboxylic acids is 6. The standard InChI is InChI=1S/3C10H10F7O2.Er/c3*1-7(2,3)5(18)4-6(19)8(11,12)9(13,14)10(15,16)17;/h3*4H,1-3H3;/q3*-1;+3. The molecule has 0 aliphatic carbocycles. The predicted octanol–water partition coefficient (Wildman–Crippen LogP) is 9.62. The molecule has 0 aliphatic heterocycles. The maximum absolute atomic E-state index is 12.8. The van der Waals surface area contributed by atoms with Gasteiger partial charge < -0.3 is 28.8 Å². The van der Waals surface area contributed by atoms with Crippen molar-refractivity contribution >= 4 is 34.7 Å². The Labute approximate surface area is 343 Å². The molecule has 0 N–H and O–H groups in total. The van der Waals surface area contributed by atoms with Crippen molar-refractivity contribution in [3.8, 4) is 0 Å². The summed E-state index contributed by atoms with van der Waals surface area (Å²) in [5, 5.41) is 0. The van der Waals surface area contributed by atoms with Gasteiger partial charge in [0.05, 0.1) is 17.3 Å². The second kappa shape index (κ2) is 19.0. The average Bonchev–Trinajstić information content (AvgIpc) is 2.93. The molecule has 6 nitrogen and oxygen atoms in total. The van der Waals surface area contributed by atoms with Crippen molar-refractivity contribution in [2.24, 2.45) is 16.2 Å². The molecule has 0 unspecified atom stereocenters. The minimum absolute atomic E-state index is 0. The number of Topliss-reactive ketones (excluding diaryl/α,β-unsaturated/α-hetero) is 6. The van der Waals surface area contributed by atoms with Crippen LogP contribution in [0.5, 0.6) is 0 Å². The summed E-state index contributed by atoms with van der Waals surface area (Å²) in [5.41, 5.74) is -4.09. The molecule has 0 saturated heterocycles. The monoisotopic (exact) mass is 1050 g/mol. The molecule has 1 radical (unpaired) electrons. The van der Waals surface area contributed by atoms with E-state index in [-0.39, 0.29) is 37.3 Å². The van der Waals surface area contributed by atoms with E-state index in [0.717, 1.165) is 0 Å². The van der Waals surface area contributed by atoms with Gasteiger partial charge in [-0.2, -0.15) is 92.2 Å². The Morgan fingerprint density at radius 3 is 0.483 bits per heavy atom. The van der Waals surface area contributed by atoms with Crippen molar-refractivity contribution in [3.63, 3.8) is 0 Å². The first-order valence-corrected chi connectivity index (χ1v) is 14.4. The fourth-order valence-electron chi connectivity index (χ4n) is 2.28. The van der Waals surface area contributed by atoms with Crippen LogP contribution >= 0.6 is 0 Å². The van der Waals surface area contributed by atoms with Crippen LogP contribution in [-0.2, 0) is 28.8 Å². The topological polar surface area (TPSA) is 102 Å². The van der Waals surface area contributed by atoms with Crippen LogP contribution in [0.15, 0.2) is 0 Å². The van der Waals surface area contributed by atoms with E-state index in [0.29, 0.717) is 0 Å². The van der Waals surface area contributed by atoms with E-state index in [1.54, 1.807) is 0 Å². The first-order valence-electron chi connectivity index (χ1n) is 14.4. The molecular formula is C30H30ErF21O6. The van der Waals surface area contributed by atoms with Crippen molar-refractivity contribution in [1.29, 1.82) is 0 Å². The van der Waals surface area contributed by atoms with Crippen LogP contribution in [0.4, 0.5) is 92.2 Å². The Hall–Kier alpha value is -2.59. The summed E-state index contributed by atoms with van der Waals surface area (Å²) in [6.45, 7) is 10.6. The molecule has 0 atom stereocenters. The Kier molecular flexibility index (Phi) is 20.3. The zero-order valence-corrected chi connectivity index (χ0v) is 32.3. The molecule has 345 valence electrons. The van der Waals surface area contributed by atoms with Gasteiger partial charge in [0, 0.05) is 17.3 Å². The molecule has 0 aromatic heterocycles. The zero-order valence-electron chi connectivity index (χ0n) is 30.4. The summed E-state index contributed by atoms with van der Waals surface area (Å²) in [6, 6.07) is 0. The van der Waals surface area contributed by atoms with E-state index in [9.17, 15) is 121 Å². The van der Waals surface area contributed by atoms with Gasteiger partial charge in [-0.3, -0.25) is 19.3 Å². The van der Waals surface area contributed by atoms with Gasteiger partial charge in [-0.1, -0.05) is 62.3 Å². The van der Waals surface area contributed by atoms with Crippen LogP contribution in [0.1, 0.15) is 62.3 Å². The molecule has 0 fully saturated rings. The molecule has 0 rings (SSSR count).